The highest BCUT2D eigenvalue weighted by molar-refractivity contribution is 5.90. The Kier molecular flexibility index (Phi) is 5.21. The van der Waals surface area contributed by atoms with Crippen LogP contribution in [-0.4, -0.2) is 17.7 Å². The minimum atomic E-state index is -0.872. The number of hydrogen-bond donors (Lipinski definition) is 1. The van der Waals surface area contributed by atoms with E-state index in [1.807, 2.05) is 38.1 Å². The Morgan fingerprint density at radius 2 is 1.77 bits per heavy atom. The molecule has 3 heteroatoms. The number of aryl methyl sites for hydroxylation is 2. The molecule has 116 valence electrons. The van der Waals surface area contributed by atoms with Gasteiger partial charge in [-0.2, -0.15) is 0 Å². The maximum absolute atomic E-state index is 11.2. The molecule has 0 bridgehead atoms. The van der Waals surface area contributed by atoms with Crippen LogP contribution in [0.4, 0.5) is 0 Å². The van der Waals surface area contributed by atoms with Crippen molar-refractivity contribution in [1.82, 2.24) is 0 Å². The third-order valence-corrected chi connectivity index (χ3v) is 3.69. The third-order valence-electron chi connectivity index (χ3n) is 3.69. The normalized spacial score (nSPS) is 10.5. The molecule has 0 aliphatic heterocycles. The van der Waals surface area contributed by atoms with E-state index in [1.54, 1.807) is 6.07 Å². The van der Waals surface area contributed by atoms with Gasteiger partial charge in [0, 0.05) is 0 Å². The molecule has 0 heterocycles. The van der Waals surface area contributed by atoms with Crippen LogP contribution in [-0.2, 0) is 6.42 Å². The molecule has 0 amide bonds. The van der Waals surface area contributed by atoms with Gasteiger partial charge in [-0.1, -0.05) is 32.0 Å². The zero-order chi connectivity index (χ0) is 16.1. The fraction of sp³-hybridized carbons (Fsp3) is 0.316. The van der Waals surface area contributed by atoms with Crippen molar-refractivity contribution in [3.8, 4) is 16.9 Å². The van der Waals surface area contributed by atoms with E-state index in [-0.39, 0.29) is 0 Å². The molecule has 0 unspecified atom stereocenters. The number of rotatable bonds is 6. The first-order chi connectivity index (χ1) is 10.6. The summed E-state index contributed by atoms with van der Waals surface area (Å²) in [4.78, 5) is 11.2. The van der Waals surface area contributed by atoms with Gasteiger partial charge >= 0.3 is 5.97 Å². The summed E-state index contributed by atoms with van der Waals surface area (Å²) in [5.41, 5.74) is 4.44. The number of carbonyl (C=O) groups is 1. The molecule has 0 saturated carbocycles. The summed E-state index contributed by atoms with van der Waals surface area (Å²) >= 11 is 0. The zero-order valence-electron chi connectivity index (χ0n) is 13.3. The Bertz CT molecular complexity index is 674. The molecular weight excluding hydrogens is 276 g/mol. The van der Waals surface area contributed by atoms with Crippen molar-refractivity contribution in [1.29, 1.82) is 0 Å². The average Bonchev–Trinajstić information content (AvgIpc) is 2.52. The van der Waals surface area contributed by atoms with E-state index in [9.17, 15) is 9.90 Å². The Labute approximate surface area is 131 Å². The molecule has 0 radical (unpaired) electrons. The SMILES string of the molecule is CCCOc1ccc(-c2ccc(C(=O)O)c(CC)c2)cc1C. The maximum Gasteiger partial charge on any atom is 0.335 e. The van der Waals surface area contributed by atoms with Crippen molar-refractivity contribution in [3.63, 3.8) is 0 Å². The van der Waals surface area contributed by atoms with E-state index in [2.05, 4.69) is 13.0 Å². The second kappa shape index (κ2) is 7.12. The summed E-state index contributed by atoms with van der Waals surface area (Å²) in [5, 5.41) is 9.20. The average molecular weight is 298 g/mol. The van der Waals surface area contributed by atoms with Crippen molar-refractivity contribution in [2.24, 2.45) is 0 Å². The van der Waals surface area contributed by atoms with Crippen LogP contribution in [0.3, 0.4) is 0 Å². The molecule has 2 aromatic carbocycles. The molecule has 3 nitrogen and oxygen atoms in total. The lowest BCUT2D eigenvalue weighted by molar-refractivity contribution is 0.0696. The van der Waals surface area contributed by atoms with Crippen molar-refractivity contribution < 1.29 is 14.6 Å². The van der Waals surface area contributed by atoms with Crippen molar-refractivity contribution in [2.45, 2.75) is 33.6 Å². The number of carboxylic acid groups (broad SMARTS) is 1. The predicted molar refractivity (Wildman–Crippen MR) is 88.7 cm³/mol. The summed E-state index contributed by atoms with van der Waals surface area (Å²) in [6.07, 6.45) is 1.68. The highest BCUT2D eigenvalue weighted by Gasteiger charge is 2.10. The topological polar surface area (TPSA) is 46.5 Å². The summed E-state index contributed by atoms with van der Waals surface area (Å²) in [7, 11) is 0. The lowest BCUT2D eigenvalue weighted by Gasteiger charge is -2.11. The van der Waals surface area contributed by atoms with Crippen LogP contribution in [0.2, 0.25) is 0 Å². The van der Waals surface area contributed by atoms with Crippen molar-refractivity contribution in [3.05, 3.63) is 53.1 Å². The van der Waals surface area contributed by atoms with Gasteiger partial charge in [-0.05, 0) is 60.2 Å². The molecule has 0 spiro atoms. The largest absolute Gasteiger partial charge is 0.493 e. The molecule has 22 heavy (non-hydrogen) atoms. The Morgan fingerprint density at radius 3 is 2.36 bits per heavy atom. The molecule has 0 saturated heterocycles. The lowest BCUT2D eigenvalue weighted by Crippen LogP contribution is -2.02. The van der Waals surface area contributed by atoms with Gasteiger partial charge < -0.3 is 9.84 Å². The van der Waals surface area contributed by atoms with Gasteiger partial charge in [-0.3, -0.25) is 0 Å². The van der Waals surface area contributed by atoms with Gasteiger partial charge in [0.1, 0.15) is 5.75 Å². The molecule has 0 atom stereocenters. The Morgan fingerprint density at radius 1 is 1.09 bits per heavy atom. The number of ether oxygens (including phenoxy) is 1. The fourth-order valence-corrected chi connectivity index (χ4v) is 2.48. The van der Waals surface area contributed by atoms with Crippen LogP contribution in [0.1, 0.15) is 41.8 Å². The Balaban J connectivity index is 2.36. The summed E-state index contributed by atoms with van der Waals surface area (Å²) < 4.78 is 5.69. The predicted octanol–water partition coefficient (Wildman–Crippen LogP) is 4.71. The van der Waals surface area contributed by atoms with E-state index in [4.69, 9.17) is 4.74 Å². The second-order valence-electron chi connectivity index (χ2n) is 5.36. The van der Waals surface area contributed by atoms with E-state index >= 15 is 0 Å². The van der Waals surface area contributed by atoms with Gasteiger partial charge in [-0.25, -0.2) is 4.79 Å². The van der Waals surface area contributed by atoms with Gasteiger partial charge in [0.2, 0.25) is 0 Å². The van der Waals surface area contributed by atoms with Gasteiger partial charge in [0.25, 0.3) is 0 Å². The molecule has 2 rings (SSSR count). The summed E-state index contributed by atoms with van der Waals surface area (Å²) in [5.74, 6) is 0.0337. The minimum Gasteiger partial charge on any atom is -0.493 e. The molecule has 0 aromatic heterocycles. The minimum absolute atomic E-state index is 0.380. The van der Waals surface area contributed by atoms with Crippen molar-refractivity contribution >= 4 is 5.97 Å². The lowest BCUT2D eigenvalue weighted by atomic mass is 9.96. The third kappa shape index (κ3) is 3.48. The monoisotopic (exact) mass is 298 g/mol. The number of hydrogen-bond acceptors (Lipinski definition) is 2. The van der Waals surface area contributed by atoms with Crippen LogP contribution >= 0.6 is 0 Å². The second-order valence-corrected chi connectivity index (χ2v) is 5.36. The van der Waals surface area contributed by atoms with Crippen molar-refractivity contribution in [2.75, 3.05) is 6.61 Å². The van der Waals surface area contributed by atoms with Crippen LogP contribution in [0.25, 0.3) is 11.1 Å². The molecule has 1 N–H and O–H groups in total. The first-order valence-electron chi connectivity index (χ1n) is 7.66. The number of aromatic carboxylic acids is 1. The van der Waals surface area contributed by atoms with Crippen LogP contribution in [0.5, 0.6) is 5.75 Å². The van der Waals surface area contributed by atoms with E-state index < -0.39 is 5.97 Å². The summed E-state index contributed by atoms with van der Waals surface area (Å²) in [6, 6.07) is 11.6. The van der Waals surface area contributed by atoms with Gasteiger partial charge in [-0.15, -0.1) is 0 Å². The zero-order valence-corrected chi connectivity index (χ0v) is 13.3. The molecule has 0 aliphatic carbocycles. The number of benzene rings is 2. The standard InChI is InChI=1S/C19H22O3/c1-4-10-22-18-9-7-15(11-13(18)3)16-6-8-17(19(20)21)14(5-2)12-16/h6-9,11-12H,4-5,10H2,1-3H3,(H,20,21). The molecule has 0 aliphatic rings. The highest BCUT2D eigenvalue weighted by atomic mass is 16.5. The van der Waals surface area contributed by atoms with E-state index in [1.165, 1.54) is 0 Å². The van der Waals surface area contributed by atoms with Crippen LogP contribution in [0, 0.1) is 6.92 Å². The summed E-state index contributed by atoms with van der Waals surface area (Å²) in [6.45, 7) is 6.80. The van der Waals surface area contributed by atoms with Crippen LogP contribution < -0.4 is 4.74 Å². The quantitative estimate of drug-likeness (QED) is 0.840. The highest BCUT2D eigenvalue weighted by Crippen LogP contribution is 2.28. The fourth-order valence-electron chi connectivity index (χ4n) is 2.48. The molecular formula is C19H22O3. The van der Waals surface area contributed by atoms with Crippen LogP contribution in [0.15, 0.2) is 36.4 Å². The van der Waals surface area contributed by atoms with Gasteiger partial charge in [0.15, 0.2) is 0 Å². The number of carboxylic acids is 1. The molecule has 0 fully saturated rings. The van der Waals surface area contributed by atoms with E-state index in [0.717, 1.165) is 34.4 Å². The maximum atomic E-state index is 11.2. The van der Waals surface area contributed by atoms with E-state index in [0.29, 0.717) is 18.6 Å². The van der Waals surface area contributed by atoms with Gasteiger partial charge in [0.05, 0.1) is 12.2 Å². The first-order valence-corrected chi connectivity index (χ1v) is 7.66. The Hall–Kier alpha value is -2.29. The molecule has 2 aromatic rings. The first kappa shape index (κ1) is 16.1. The smallest absolute Gasteiger partial charge is 0.335 e.